The average Bonchev–Trinajstić information content (AvgIpc) is 2.30. The fourth-order valence-corrected chi connectivity index (χ4v) is 2.04. The topological polar surface area (TPSA) is 41.5 Å². The molecule has 82 valence electrons. The van der Waals surface area contributed by atoms with E-state index in [0.29, 0.717) is 0 Å². The summed E-state index contributed by atoms with van der Waals surface area (Å²) in [6.45, 7) is 1.74. The van der Waals surface area contributed by atoms with Crippen LogP contribution in [-0.4, -0.2) is 25.3 Å². The van der Waals surface area contributed by atoms with Crippen molar-refractivity contribution >= 4 is 0 Å². The summed E-state index contributed by atoms with van der Waals surface area (Å²) in [6.07, 6.45) is 1.53. The van der Waals surface area contributed by atoms with Crippen LogP contribution in [0.2, 0.25) is 0 Å². The molecule has 0 saturated carbocycles. The predicted octanol–water partition coefficient (Wildman–Crippen LogP) is 1.27. The van der Waals surface area contributed by atoms with Gasteiger partial charge in [0, 0.05) is 0 Å². The second-order valence-electron chi connectivity index (χ2n) is 4.01. The van der Waals surface area contributed by atoms with E-state index in [2.05, 4.69) is 5.32 Å². The molecule has 0 aliphatic carbocycles. The minimum absolute atomic E-state index is 0.681. The van der Waals surface area contributed by atoms with E-state index in [9.17, 15) is 5.11 Å². The van der Waals surface area contributed by atoms with E-state index >= 15 is 0 Å². The largest absolute Gasteiger partial charge is 0.497 e. The first-order valence-corrected chi connectivity index (χ1v) is 5.32. The maximum atomic E-state index is 10.5. The van der Waals surface area contributed by atoms with Gasteiger partial charge in [-0.05, 0) is 43.6 Å². The molecule has 0 radical (unpaired) electrons. The Bertz CT molecular complexity index is 332. The SMILES string of the molecule is COc1cccc(C2(O)CCNCC2)c1. The molecule has 3 nitrogen and oxygen atoms in total. The highest BCUT2D eigenvalue weighted by atomic mass is 16.5. The predicted molar refractivity (Wildman–Crippen MR) is 59.0 cm³/mol. The Labute approximate surface area is 90.1 Å². The Hall–Kier alpha value is -1.06. The lowest BCUT2D eigenvalue weighted by molar-refractivity contribution is 0.00577. The zero-order valence-corrected chi connectivity index (χ0v) is 8.99. The van der Waals surface area contributed by atoms with Crippen LogP contribution >= 0.6 is 0 Å². The van der Waals surface area contributed by atoms with Crippen molar-refractivity contribution in [2.24, 2.45) is 0 Å². The summed E-state index contributed by atoms with van der Waals surface area (Å²) in [4.78, 5) is 0. The van der Waals surface area contributed by atoms with Crippen molar-refractivity contribution in [2.45, 2.75) is 18.4 Å². The van der Waals surface area contributed by atoms with Gasteiger partial charge >= 0.3 is 0 Å². The molecule has 1 fully saturated rings. The maximum Gasteiger partial charge on any atom is 0.119 e. The van der Waals surface area contributed by atoms with Gasteiger partial charge in [0.25, 0.3) is 0 Å². The Morgan fingerprint density at radius 1 is 1.33 bits per heavy atom. The molecule has 3 heteroatoms. The molecule has 1 aliphatic heterocycles. The summed E-state index contributed by atoms with van der Waals surface area (Å²) >= 11 is 0. The number of methoxy groups -OCH3 is 1. The van der Waals surface area contributed by atoms with Crippen LogP contribution in [0.4, 0.5) is 0 Å². The van der Waals surface area contributed by atoms with Crippen molar-refractivity contribution in [3.05, 3.63) is 29.8 Å². The van der Waals surface area contributed by atoms with Crippen molar-refractivity contribution in [1.29, 1.82) is 0 Å². The second-order valence-corrected chi connectivity index (χ2v) is 4.01. The highest BCUT2D eigenvalue weighted by Gasteiger charge is 2.31. The van der Waals surface area contributed by atoms with Gasteiger partial charge in [-0.1, -0.05) is 12.1 Å². The Morgan fingerprint density at radius 3 is 2.73 bits per heavy atom. The normalized spacial score (nSPS) is 19.9. The van der Waals surface area contributed by atoms with Gasteiger partial charge < -0.3 is 15.2 Å². The third-order valence-electron chi connectivity index (χ3n) is 3.04. The van der Waals surface area contributed by atoms with Gasteiger partial charge in [0.05, 0.1) is 12.7 Å². The van der Waals surface area contributed by atoms with Crippen LogP contribution in [0.3, 0.4) is 0 Å². The summed E-state index contributed by atoms with van der Waals surface area (Å²) in [5.41, 5.74) is 0.281. The van der Waals surface area contributed by atoms with Crippen LogP contribution in [0.15, 0.2) is 24.3 Å². The van der Waals surface area contributed by atoms with Crippen LogP contribution in [0.25, 0.3) is 0 Å². The standard InChI is InChI=1S/C12H17NO2/c1-15-11-4-2-3-10(9-11)12(14)5-7-13-8-6-12/h2-4,9,13-14H,5-8H2,1H3. The molecule has 0 bridgehead atoms. The number of aliphatic hydroxyl groups is 1. The van der Waals surface area contributed by atoms with E-state index < -0.39 is 5.60 Å². The van der Waals surface area contributed by atoms with Crippen molar-refractivity contribution in [3.8, 4) is 5.75 Å². The molecule has 2 N–H and O–H groups in total. The molecule has 1 saturated heterocycles. The molecular formula is C12H17NO2. The lowest BCUT2D eigenvalue weighted by Gasteiger charge is -2.33. The second kappa shape index (κ2) is 4.21. The third-order valence-corrected chi connectivity index (χ3v) is 3.04. The highest BCUT2D eigenvalue weighted by Crippen LogP contribution is 2.32. The fourth-order valence-electron chi connectivity index (χ4n) is 2.04. The molecule has 0 spiro atoms. The molecule has 0 amide bonds. The number of nitrogens with one attached hydrogen (secondary N) is 1. The van der Waals surface area contributed by atoms with Crippen LogP contribution in [-0.2, 0) is 5.60 Å². The van der Waals surface area contributed by atoms with E-state index in [1.807, 2.05) is 24.3 Å². The monoisotopic (exact) mass is 207 g/mol. The molecular weight excluding hydrogens is 190 g/mol. The summed E-state index contributed by atoms with van der Waals surface area (Å²) < 4.78 is 5.16. The van der Waals surface area contributed by atoms with Gasteiger partial charge in [-0.3, -0.25) is 0 Å². The van der Waals surface area contributed by atoms with Gasteiger partial charge in [0.2, 0.25) is 0 Å². The molecule has 0 atom stereocenters. The average molecular weight is 207 g/mol. The highest BCUT2D eigenvalue weighted by molar-refractivity contribution is 5.32. The van der Waals surface area contributed by atoms with Crippen LogP contribution in [0, 0.1) is 0 Å². The van der Waals surface area contributed by atoms with E-state index in [1.165, 1.54) is 0 Å². The van der Waals surface area contributed by atoms with E-state index in [1.54, 1.807) is 7.11 Å². The smallest absolute Gasteiger partial charge is 0.119 e. The van der Waals surface area contributed by atoms with Gasteiger partial charge in [-0.15, -0.1) is 0 Å². The van der Waals surface area contributed by atoms with Crippen molar-refractivity contribution in [1.82, 2.24) is 5.32 Å². The number of piperidine rings is 1. The molecule has 0 unspecified atom stereocenters. The van der Waals surface area contributed by atoms with E-state index in [4.69, 9.17) is 4.74 Å². The lowest BCUT2D eigenvalue weighted by atomic mass is 9.85. The van der Waals surface area contributed by atoms with Crippen molar-refractivity contribution in [3.63, 3.8) is 0 Å². The van der Waals surface area contributed by atoms with Crippen LogP contribution < -0.4 is 10.1 Å². The zero-order chi connectivity index (χ0) is 10.7. The van der Waals surface area contributed by atoms with Crippen molar-refractivity contribution < 1.29 is 9.84 Å². The number of hydrogen-bond acceptors (Lipinski definition) is 3. The lowest BCUT2D eigenvalue weighted by Crippen LogP contribution is -2.39. The van der Waals surface area contributed by atoms with Crippen LogP contribution in [0.5, 0.6) is 5.75 Å². The first-order chi connectivity index (χ1) is 7.24. The molecule has 15 heavy (non-hydrogen) atoms. The Morgan fingerprint density at radius 2 is 2.07 bits per heavy atom. The minimum atomic E-state index is -0.681. The number of ether oxygens (including phenoxy) is 1. The van der Waals surface area contributed by atoms with Gasteiger partial charge in [0.15, 0.2) is 0 Å². The number of hydrogen-bond donors (Lipinski definition) is 2. The van der Waals surface area contributed by atoms with Gasteiger partial charge in [0.1, 0.15) is 5.75 Å². The van der Waals surface area contributed by atoms with Crippen molar-refractivity contribution in [2.75, 3.05) is 20.2 Å². The summed E-state index contributed by atoms with van der Waals surface area (Å²) in [5.74, 6) is 0.805. The van der Waals surface area contributed by atoms with Crippen LogP contribution in [0.1, 0.15) is 18.4 Å². The third kappa shape index (κ3) is 2.13. The van der Waals surface area contributed by atoms with E-state index in [0.717, 1.165) is 37.2 Å². The van der Waals surface area contributed by atoms with Gasteiger partial charge in [-0.25, -0.2) is 0 Å². The number of benzene rings is 1. The molecule has 1 aromatic rings. The van der Waals surface area contributed by atoms with E-state index in [-0.39, 0.29) is 0 Å². The first kappa shape index (κ1) is 10.5. The molecule has 1 aliphatic rings. The summed E-state index contributed by atoms with van der Waals surface area (Å²) in [7, 11) is 1.64. The first-order valence-electron chi connectivity index (χ1n) is 5.32. The fraction of sp³-hybridized carbons (Fsp3) is 0.500. The molecule has 1 aromatic carbocycles. The Balaban J connectivity index is 2.26. The maximum absolute atomic E-state index is 10.5. The summed E-state index contributed by atoms with van der Waals surface area (Å²) in [5, 5.41) is 13.7. The molecule has 0 aromatic heterocycles. The molecule has 1 heterocycles. The summed E-state index contributed by atoms with van der Waals surface area (Å²) in [6, 6.07) is 7.71. The quantitative estimate of drug-likeness (QED) is 0.767. The number of rotatable bonds is 2. The molecule has 2 rings (SSSR count). The van der Waals surface area contributed by atoms with Gasteiger partial charge in [-0.2, -0.15) is 0 Å². The Kier molecular flexibility index (Phi) is 2.93. The minimum Gasteiger partial charge on any atom is -0.497 e. The zero-order valence-electron chi connectivity index (χ0n) is 8.99.